The Balaban J connectivity index is 1.77. The van der Waals surface area contributed by atoms with Crippen molar-refractivity contribution in [1.82, 2.24) is 0 Å². The minimum Gasteiger partial charge on any atom is -0.495 e. The van der Waals surface area contributed by atoms with E-state index in [-0.39, 0.29) is 21.3 Å². The Morgan fingerprint density at radius 1 is 0.879 bits per heavy atom. The highest BCUT2D eigenvalue weighted by Gasteiger charge is 2.41. The fourth-order valence-corrected chi connectivity index (χ4v) is 4.76. The molecule has 168 valence electrons. The quantitative estimate of drug-likeness (QED) is 0.357. The first-order valence-electron chi connectivity index (χ1n) is 9.71. The van der Waals surface area contributed by atoms with Crippen LogP contribution in [0.3, 0.4) is 0 Å². The Morgan fingerprint density at radius 2 is 1.61 bits per heavy atom. The van der Waals surface area contributed by atoms with Crippen molar-refractivity contribution >= 4 is 69.8 Å². The van der Waals surface area contributed by atoms with E-state index in [1.165, 1.54) is 24.9 Å². The van der Waals surface area contributed by atoms with Crippen molar-refractivity contribution in [2.75, 3.05) is 17.3 Å². The van der Waals surface area contributed by atoms with Crippen molar-refractivity contribution in [1.29, 1.82) is 0 Å². The van der Waals surface area contributed by atoms with E-state index in [1.54, 1.807) is 30.3 Å². The molecule has 4 rings (SSSR count). The average molecular weight is 520 g/mol. The second kappa shape index (κ2) is 9.69. The Kier molecular flexibility index (Phi) is 6.91. The van der Waals surface area contributed by atoms with Gasteiger partial charge in [-0.1, -0.05) is 64.3 Å². The maximum absolute atomic E-state index is 13.5. The van der Waals surface area contributed by atoms with Crippen molar-refractivity contribution < 1.29 is 14.3 Å². The van der Waals surface area contributed by atoms with Crippen molar-refractivity contribution in [3.63, 3.8) is 0 Å². The molecule has 0 aliphatic carbocycles. The number of hydrogen-bond donors (Lipinski definition) is 1. The number of methoxy groups -OCH3 is 1. The van der Waals surface area contributed by atoms with Crippen molar-refractivity contribution in [2.45, 2.75) is 11.8 Å². The molecule has 3 aromatic rings. The van der Waals surface area contributed by atoms with E-state index in [0.717, 1.165) is 15.4 Å². The zero-order valence-corrected chi connectivity index (χ0v) is 20.6. The van der Waals surface area contributed by atoms with Gasteiger partial charge < -0.3 is 10.1 Å². The first-order valence-corrected chi connectivity index (χ1v) is 11.7. The molecule has 9 heteroatoms. The standard InChI is InChI=1S/C24H17Cl3N2O3S/c1-13-3-7-16(8-4-13)33-22-21(28-15-6-10-20(32-2)18(27)12-15)23(30)29(24(22)31)19-11-14(25)5-9-17(19)26/h3-12,28H,1-2H3. The number of carbonyl (C=O) groups is 2. The van der Waals surface area contributed by atoms with Gasteiger partial charge in [0, 0.05) is 15.6 Å². The lowest BCUT2D eigenvalue weighted by atomic mass is 10.2. The smallest absolute Gasteiger partial charge is 0.283 e. The molecule has 1 N–H and O–H groups in total. The molecular weight excluding hydrogens is 503 g/mol. The monoisotopic (exact) mass is 518 g/mol. The van der Waals surface area contributed by atoms with Gasteiger partial charge in [0.15, 0.2) is 0 Å². The molecule has 0 saturated carbocycles. The highest BCUT2D eigenvalue weighted by molar-refractivity contribution is 8.04. The highest BCUT2D eigenvalue weighted by Crippen LogP contribution is 2.41. The number of thioether (sulfide) groups is 1. The number of nitrogens with zero attached hydrogens (tertiary/aromatic N) is 1. The van der Waals surface area contributed by atoms with Crippen LogP contribution >= 0.6 is 46.6 Å². The molecule has 0 fully saturated rings. The number of amides is 2. The van der Waals surface area contributed by atoms with Crippen molar-refractivity contribution in [3.8, 4) is 5.75 Å². The molecule has 0 bridgehead atoms. The van der Waals surface area contributed by atoms with Crippen molar-refractivity contribution in [3.05, 3.63) is 91.9 Å². The second-order valence-electron chi connectivity index (χ2n) is 7.14. The molecule has 0 spiro atoms. The van der Waals surface area contributed by atoms with Gasteiger partial charge in [0.05, 0.1) is 22.8 Å². The lowest BCUT2D eigenvalue weighted by Crippen LogP contribution is -2.32. The molecule has 0 aromatic heterocycles. The van der Waals surface area contributed by atoms with Gasteiger partial charge in [0.1, 0.15) is 16.4 Å². The third-order valence-corrected chi connectivity index (χ3v) is 6.79. The predicted molar refractivity (Wildman–Crippen MR) is 135 cm³/mol. The number of benzene rings is 3. The third-order valence-electron chi connectivity index (χ3n) is 4.85. The molecular formula is C24H17Cl3N2O3S. The normalized spacial score (nSPS) is 13.7. The Morgan fingerprint density at radius 3 is 2.27 bits per heavy atom. The van der Waals surface area contributed by atoms with Gasteiger partial charge in [0.2, 0.25) is 0 Å². The maximum atomic E-state index is 13.5. The van der Waals surface area contributed by atoms with Gasteiger partial charge in [-0.2, -0.15) is 0 Å². The average Bonchev–Trinajstić information content (AvgIpc) is 3.01. The van der Waals surface area contributed by atoms with Crippen LogP contribution in [0.5, 0.6) is 5.75 Å². The Hall–Kier alpha value is -2.64. The molecule has 0 radical (unpaired) electrons. The van der Waals surface area contributed by atoms with Crippen LogP contribution in [0.1, 0.15) is 5.56 Å². The summed E-state index contributed by atoms with van der Waals surface area (Å²) < 4.78 is 5.18. The van der Waals surface area contributed by atoms with Crippen LogP contribution in [0.2, 0.25) is 15.1 Å². The summed E-state index contributed by atoms with van der Waals surface area (Å²) >= 11 is 19.9. The number of ether oxygens (including phenoxy) is 1. The van der Waals surface area contributed by atoms with Gasteiger partial charge in [-0.05, 0) is 55.5 Å². The summed E-state index contributed by atoms with van der Waals surface area (Å²) in [5, 5.41) is 4.01. The number of hydrogen-bond acceptors (Lipinski definition) is 5. The molecule has 2 amide bonds. The SMILES string of the molecule is COc1ccc(NC2=C(Sc3ccc(C)cc3)C(=O)N(c3cc(Cl)ccc3Cl)C2=O)cc1Cl. The molecule has 0 atom stereocenters. The van der Waals surface area contributed by atoms with Gasteiger partial charge >= 0.3 is 0 Å². The lowest BCUT2D eigenvalue weighted by molar-refractivity contribution is -0.120. The summed E-state index contributed by atoms with van der Waals surface area (Å²) in [5.41, 5.74) is 1.94. The van der Waals surface area contributed by atoms with E-state index in [1.807, 2.05) is 31.2 Å². The number of nitrogens with one attached hydrogen (secondary N) is 1. The van der Waals surface area contributed by atoms with Gasteiger partial charge in [-0.3, -0.25) is 9.59 Å². The van der Waals surface area contributed by atoms with Crippen LogP contribution in [0, 0.1) is 6.92 Å². The molecule has 0 saturated heterocycles. The summed E-state index contributed by atoms with van der Waals surface area (Å²) in [4.78, 5) is 29.0. The third kappa shape index (κ3) is 4.84. The Bertz CT molecular complexity index is 1290. The molecule has 0 unspecified atom stereocenters. The van der Waals surface area contributed by atoms with E-state index < -0.39 is 11.8 Å². The summed E-state index contributed by atoms with van der Waals surface area (Å²) in [6, 6.07) is 17.3. The first-order chi connectivity index (χ1) is 15.8. The molecule has 3 aromatic carbocycles. The Labute approximate surface area is 210 Å². The number of anilines is 2. The van der Waals surface area contributed by atoms with E-state index >= 15 is 0 Å². The van der Waals surface area contributed by atoms with Gasteiger partial charge in [-0.15, -0.1) is 0 Å². The number of aryl methyl sites for hydroxylation is 1. The molecule has 1 aliphatic rings. The summed E-state index contributed by atoms with van der Waals surface area (Å²) in [7, 11) is 1.51. The molecule has 5 nitrogen and oxygen atoms in total. The highest BCUT2D eigenvalue weighted by atomic mass is 35.5. The number of imide groups is 1. The van der Waals surface area contributed by atoms with Gasteiger partial charge in [0.25, 0.3) is 11.8 Å². The van der Waals surface area contributed by atoms with Gasteiger partial charge in [-0.25, -0.2) is 4.90 Å². The number of carbonyl (C=O) groups excluding carboxylic acids is 2. The maximum Gasteiger partial charge on any atom is 0.283 e. The summed E-state index contributed by atoms with van der Waals surface area (Å²) in [6.07, 6.45) is 0. The van der Waals surface area contributed by atoms with Crippen LogP contribution in [-0.4, -0.2) is 18.9 Å². The summed E-state index contributed by atoms with van der Waals surface area (Å²) in [6.45, 7) is 1.97. The predicted octanol–water partition coefficient (Wildman–Crippen LogP) is 6.95. The topological polar surface area (TPSA) is 58.6 Å². The second-order valence-corrected chi connectivity index (χ2v) is 9.47. The van der Waals surface area contributed by atoms with E-state index in [9.17, 15) is 9.59 Å². The minimum absolute atomic E-state index is 0.114. The number of rotatable bonds is 6. The fourth-order valence-electron chi connectivity index (χ4n) is 3.20. The van der Waals surface area contributed by atoms with E-state index in [2.05, 4.69) is 5.32 Å². The number of halogens is 3. The van der Waals surface area contributed by atoms with Crippen LogP contribution < -0.4 is 15.0 Å². The molecule has 1 heterocycles. The first kappa shape index (κ1) is 23.5. The summed E-state index contributed by atoms with van der Waals surface area (Å²) in [5.74, 6) is -0.561. The molecule has 33 heavy (non-hydrogen) atoms. The molecule has 1 aliphatic heterocycles. The van der Waals surface area contributed by atoms with Crippen LogP contribution in [-0.2, 0) is 9.59 Å². The fraction of sp³-hybridized carbons (Fsp3) is 0.0833. The largest absolute Gasteiger partial charge is 0.495 e. The zero-order valence-electron chi connectivity index (χ0n) is 17.5. The van der Waals surface area contributed by atoms with Crippen molar-refractivity contribution in [2.24, 2.45) is 0 Å². The lowest BCUT2D eigenvalue weighted by Gasteiger charge is -2.17. The van der Waals surface area contributed by atoms with Crippen LogP contribution in [0.4, 0.5) is 11.4 Å². The van der Waals surface area contributed by atoms with Crippen LogP contribution in [0.15, 0.2) is 76.2 Å². The minimum atomic E-state index is -0.550. The van der Waals surface area contributed by atoms with Crippen LogP contribution in [0.25, 0.3) is 0 Å². The van der Waals surface area contributed by atoms with E-state index in [0.29, 0.717) is 21.5 Å². The van der Waals surface area contributed by atoms with E-state index in [4.69, 9.17) is 39.5 Å². The zero-order chi connectivity index (χ0) is 23.7.